The summed E-state index contributed by atoms with van der Waals surface area (Å²) in [6, 6.07) is 0. The molecule has 0 radical (unpaired) electrons. The van der Waals surface area contributed by atoms with E-state index in [4.69, 9.17) is 14.9 Å². The van der Waals surface area contributed by atoms with Crippen molar-refractivity contribution < 1.29 is 29.6 Å². The van der Waals surface area contributed by atoms with Gasteiger partial charge >= 0.3 is 11.9 Å². The van der Waals surface area contributed by atoms with Crippen LogP contribution in [0.3, 0.4) is 0 Å². The zero-order valence-electron chi connectivity index (χ0n) is 11.1. The molecule has 1 aliphatic rings. The fourth-order valence-electron chi connectivity index (χ4n) is 2.46. The van der Waals surface area contributed by atoms with Gasteiger partial charge in [0.2, 0.25) is 0 Å². The highest BCUT2D eigenvalue weighted by atomic mass is 16.5. The Morgan fingerprint density at radius 3 is 2.21 bits per heavy atom. The van der Waals surface area contributed by atoms with Gasteiger partial charge in [-0.1, -0.05) is 19.8 Å². The van der Waals surface area contributed by atoms with Gasteiger partial charge in [-0.3, -0.25) is 9.59 Å². The molecule has 0 aromatic carbocycles. The average molecular weight is 274 g/mol. The van der Waals surface area contributed by atoms with Crippen molar-refractivity contribution in [3.63, 3.8) is 0 Å². The number of aliphatic hydroxyl groups excluding tert-OH is 1. The van der Waals surface area contributed by atoms with Crippen molar-refractivity contribution in [1.82, 2.24) is 0 Å². The number of hydrogen-bond acceptors (Lipinski definition) is 4. The quantitative estimate of drug-likeness (QED) is 0.601. The Morgan fingerprint density at radius 2 is 1.68 bits per heavy atom. The molecule has 1 fully saturated rings. The van der Waals surface area contributed by atoms with Gasteiger partial charge in [0, 0.05) is 6.61 Å². The van der Waals surface area contributed by atoms with E-state index in [1.54, 1.807) is 0 Å². The molecule has 1 rings (SSSR count). The second-order valence-corrected chi connectivity index (χ2v) is 5.04. The van der Waals surface area contributed by atoms with E-state index < -0.39 is 36.0 Å². The van der Waals surface area contributed by atoms with Crippen LogP contribution in [0.25, 0.3) is 0 Å². The number of rotatable bonds is 7. The first-order valence-electron chi connectivity index (χ1n) is 6.72. The summed E-state index contributed by atoms with van der Waals surface area (Å²) in [7, 11) is 0. The lowest BCUT2D eigenvalue weighted by Gasteiger charge is -2.35. The summed E-state index contributed by atoms with van der Waals surface area (Å²) < 4.78 is 5.50. The minimum Gasteiger partial charge on any atom is -0.481 e. The number of unbranched alkanes of at least 4 members (excludes halogenated alkanes) is 2. The third-order valence-electron chi connectivity index (χ3n) is 3.61. The van der Waals surface area contributed by atoms with E-state index >= 15 is 0 Å². The summed E-state index contributed by atoms with van der Waals surface area (Å²) in [6.07, 6.45) is 1.44. The molecule has 1 saturated carbocycles. The van der Waals surface area contributed by atoms with E-state index in [1.165, 1.54) is 0 Å². The Balaban J connectivity index is 2.56. The molecular weight excluding hydrogens is 252 g/mol. The van der Waals surface area contributed by atoms with E-state index in [2.05, 4.69) is 6.92 Å². The number of carboxylic acid groups (broad SMARTS) is 2. The Labute approximate surface area is 112 Å². The molecule has 0 aromatic rings. The molecule has 0 aliphatic heterocycles. The second kappa shape index (κ2) is 7.45. The van der Waals surface area contributed by atoms with Gasteiger partial charge in [0.25, 0.3) is 0 Å². The Bertz CT molecular complexity index is 316. The van der Waals surface area contributed by atoms with Crippen LogP contribution < -0.4 is 0 Å². The van der Waals surface area contributed by atoms with E-state index in [0.29, 0.717) is 6.61 Å². The molecule has 3 N–H and O–H groups in total. The molecular formula is C13H22O6. The lowest BCUT2D eigenvalue weighted by atomic mass is 9.76. The molecule has 0 unspecified atom stereocenters. The smallest absolute Gasteiger partial charge is 0.307 e. The fourth-order valence-corrected chi connectivity index (χ4v) is 2.46. The molecule has 0 bridgehead atoms. The van der Waals surface area contributed by atoms with Gasteiger partial charge in [-0.05, 0) is 19.3 Å². The van der Waals surface area contributed by atoms with Crippen LogP contribution in [0.1, 0.15) is 39.0 Å². The van der Waals surface area contributed by atoms with E-state index in [0.717, 1.165) is 19.3 Å². The largest absolute Gasteiger partial charge is 0.481 e. The molecule has 6 heteroatoms. The highest BCUT2D eigenvalue weighted by Crippen LogP contribution is 2.32. The van der Waals surface area contributed by atoms with Crippen LogP contribution in [0.5, 0.6) is 0 Å². The number of carboxylic acids is 2. The fraction of sp³-hybridized carbons (Fsp3) is 0.846. The molecule has 0 spiro atoms. The summed E-state index contributed by atoms with van der Waals surface area (Å²) in [6.45, 7) is 2.53. The summed E-state index contributed by atoms with van der Waals surface area (Å²) in [5.41, 5.74) is 0. The Kier molecular flexibility index (Phi) is 6.24. The maximum Gasteiger partial charge on any atom is 0.307 e. The number of aliphatic hydroxyl groups is 1. The topological polar surface area (TPSA) is 104 Å². The summed E-state index contributed by atoms with van der Waals surface area (Å²) in [4.78, 5) is 22.1. The van der Waals surface area contributed by atoms with Crippen LogP contribution in [0.2, 0.25) is 0 Å². The first kappa shape index (κ1) is 15.9. The number of hydrogen-bond donors (Lipinski definition) is 3. The maximum absolute atomic E-state index is 11.1. The van der Waals surface area contributed by atoms with Gasteiger partial charge in [-0.2, -0.15) is 0 Å². The normalized spacial score (nSPS) is 31.1. The number of ether oxygens (including phenoxy) is 1. The minimum atomic E-state index is -1.17. The maximum atomic E-state index is 11.1. The predicted molar refractivity (Wildman–Crippen MR) is 66.8 cm³/mol. The lowest BCUT2D eigenvalue weighted by molar-refractivity contribution is -0.165. The van der Waals surface area contributed by atoms with Crippen molar-refractivity contribution in [1.29, 1.82) is 0 Å². The monoisotopic (exact) mass is 274 g/mol. The van der Waals surface area contributed by atoms with Crippen molar-refractivity contribution >= 4 is 11.9 Å². The van der Waals surface area contributed by atoms with Crippen molar-refractivity contribution in [3.05, 3.63) is 0 Å². The van der Waals surface area contributed by atoms with Crippen LogP contribution >= 0.6 is 0 Å². The zero-order valence-corrected chi connectivity index (χ0v) is 11.1. The van der Waals surface area contributed by atoms with E-state index in [-0.39, 0.29) is 12.8 Å². The molecule has 0 heterocycles. The standard InChI is InChI=1S/C13H22O6/c1-2-3-4-5-19-11-7-9(13(17)18)8(12(15)16)6-10(11)14/h8-11,14H,2-7H2,1H3,(H,15,16)(H,17,18)/t8-,9+,10-,11-/m1/s1. The average Bonchev–Trinajstić information content (AvgIpc) is 2.35. The summed E-state index contributed by atoms with van der Waals surface area (Å²) in [5.74, 6) is -4.34. The molecule has 19 heavy (non-hydrogen) atoms. The van der Waals surface area contributed by atoms with Crippen molar-refractivity contribution in [2.45, 2.75) is 51.2 Å². The molecule has 0 amide bonds. The molecule has 1 aliphatic carbocycles. The first-order valence-corrected chi connectivity index (χ1v) is 6.72. The highest BCUT2D eigenvalue weighted by Gasteiger charge is 2.44. The van der Waals surface area contributed by atoms with Crippen molar-refractivity contribution in [2.75, 3.05) is 6.61 Å². The van der Waals surface area contributed by atoms with Crippen molar-refractivity contribution in [3.8, 4) is 0 Å². The molecule has 6 nitrogen and oxygen atoms in total. The second-order valence-electron chi connectivity index (χ2n) is 5.04. The third kappa shape index (κ3) is 4.47. The van der Waals surface area contributed by atoms with Crippen LogP contribution in [0, 0.1) is 11.8 Å². The summed E-state index contributed by atoms with van der Waals surface area (Å²) in [5, 5.41) is 27.9. The first-order chi connectivity index (χ1) is 8.97. The Hall–Kier alpha value is -1.14. The minimum absolute atomic E-state index is 0.0552. The highest BCUT2D eigenvalue weighted by molar-refractivity contribution is 5.80. The van der Waals surface area contributed by atoms with Crippen LogP contribution in [0.15, 0.2) is 0 Å². The van der Waals surface area contributed by atoms with E-state index in [9.17, 15) is 14.7 Å². The van der Waals surface area contributed by atoms with Crippen LogP contribution in [0.4, 0.5) is 0 Å². The summed E-state index contributed by atoms with van der Waals surface area (Å²) >= 11 is 0. The van der Waals surface area contributed by atoms with Gasteiger partial charge < -0.3 is 20.1 Å². The molecule has 0 aromatic heterocycles. The third-order valence-corrected chi connectivity index (χ3v) is 3.61. The van der Waals surface area contributed by atoms with Gasteiger partial charge in [-0.25, -0.2) is 0 Å². The lowest BCUT2D eigenvalue weighted by Crippen LogP contribution is -2.46. The van der Waals surface area contributed by atoms with Gasteiger partial charge in [0.1, 0.15) is 0 Å². The van der Waals surface area contributed by atoms with Crippen molar-refractivity contribution in [2.24, 2.45) is 11.8 Å². The predicted octanol–water partition coefficient (Wildman–Crippen LogP) is 1.12. The number of aliphatic carboxylic acids is 2. The van der Waals surface area contributed by atoms with Gasteiger partial charge in [0.15, 0.2) is 0 Å². The Morgan fingerprint density at radius 1 is 1.11 bits per heavy atom. The van der Waals surface area contributed by atoms with Crippen LogP contribution in [-0.2, 0) is 14.3 Å². The van der Waals surface area contributed by atoms with Crippen LogP contribution in [-0.4, -0.2) is 46.1 Å². The molecule has 4 atom stereocenters. The molecule has 110 valence electrons. The SMILES string of the molecule is CCCCCO[C@@H]1C[C@H](C(=O)O)[C@H](C(=O)O)C[C@H]1O. The van der Waals surface area contributed by atoms with Gasteiger partial charge in [-0.15, -0.1) is 0 Å². The zero-order chi connectivity index (χ0) is 14.4. The molecule has 0 saturated heterocycles. The van der Waals surface area contributed by atoms with Gasteiger partial charge in [0.05, 0.1) is 24.0 Å². The van der Waals surface area contributed by atoms with E-state index in [1.807, 2.05) is 0 Å². The number of carbonyl (C=O) groups is 2.